The van der Waals surface area contributed by atoms with Crippen molar-refractivity contribution in [2.75, 3.05) is 12.4 Å². The van der Waals surface area contributed by atoms with Crippen LogP contribution in [0.25, 0.3) is 11.3 Å². The summed E-state index contributed by atoms with van der Waals surface area (Å²) in [5.41, 5.74) is 2.17. The third-order valence-electron chi connectivity index (χ3n) is 4.76. The van der Waals surface area contributed by atoms with Crippen LogP contribution in [0, 0.1) is 0 Å². The topological polar surface area (TPSA) is 68.5 Å². The van der Waals surface area contributed by atoms with Crippen molar-refractivity contribution in [3.8, 4) is 11.3 Å². The summed E-state index contributed by atoms with van der Waals surface area (Å²) in [4.78, 5) is 26.2. The largest absolute Gasteiger partial charge is 0.465 e. The Bertz CT molecular complexity index is 1050. The number of anilines is 1. The Labute approximate surface area is 171 Å². The first-order valence-corrected chi connectivity index (χ1v) is 10.2. The molecular weight excluding hydrogens is 398 g/mol. The van der Waals surface area contributed by atoms with Crippen molar-refractivity contribution in [1.29, 1.82) is 0 Å². The Morgan fingerprint density at radius 1 is 1.14 bits per heavy atom. The fourth-order valence-corrected chi connectivity index (χ4v) is 4.90. The molecule has 0 fully saturated rings. The molecule has 2 aromatic heterocycles. The van der Waals surface area contributed by atoms with Gasteiger partial charge in [0, 0.05) is 10.4 Å². The van der Waals surface area contributed by atoms with Gasteiger partial charge in [0.2, 0.25) is 0 Å². The van der Waals surface area contributed by atoms with E-state index in [1.54, 1.807) is 18.2 Å². The molecule has 1 aliphatic rings. The van der Waals surface area contributed by atoms with E-state index in [2.05, 4.69) is 5.32 Å². The van der Waals surface area contributed by atoms with Gasteiger partial charge in [0.1, 0.15) is 10.8 Å². The van der Waals surface area contributed by atoms with E-state index in [0.717, 1.165) is 36.1 Å². The van der Waals surface area contributed by atoms with E-state index in [1.165, 1.54) is 18.4 Å². The maximum Gasteiger partial charge on any atom is 0.341 e. The molecule has 0 aliphatic heterocycles. The van der Waals surface area contributed by atoms with E-state index in [-0.39, 0.29) is 5.76 Å². The Morgan fingerprint density at radius 3 is 2.71 bits per heavy atom. The zero-order chi connectivity index (χ0) is 19.7. The average molecular weight is 416 g/mol. The lowest BCUT2D eigenvalue weighted by atomic mass is 9.95. The van der Waals surface area contributed by atoms with Gasteiger partial charge >= 0.3 is 5.97 Å². The Morgan fingerprint density at radius 2 is 1.93 bits per heavy atom. The summed E-state index contributed by atoms with van der Waals surface area (Å²) in [7, 11) is 1.35. The molecule has 4 rings (SSSR count). The fraction of sp³-hybridized carbons (Fsp3) is 0.238. The summed E-state index contributed by atoms with van der Waals surface area (Å²) in [5.74, 6) is -0.181. The van der Waals surface area contributed by atoms with Gasteiger partial charge in [-0.15, -0.1) is 11.3 Å². The van der Waals surface area contributed by atoms with Crippen LogP contribution in [0.5, 0.6) is 0 Å². The van der Waals surface area contributed by atoms with Gasteiger partial charge in [0.25, 0.3) is 5.91 Å². The number of esters is 1. The molecule has 0 unspecified atom stereocenters. The molecule has 0 bridgehead atoms. The number of carbonyl (C=O) groups excluding carboxylic acids is 2. The number of hydrogen-bond acceptors (Lipinski definition) is 5. The minimum Gasteiger partial charge on any atom is -0.465 e. The second-order valence-corrected chi connectivity index (χ2v) is 8.02. The first-order chi connectivity index (χ1) is 13.6. The molecule has 7 heteroatoms. The van der Waals surface area contributed by atoms with Crippen LogP contribution >= 0.6 is 22.9 Å². The minimum atomic E-state index is -0.425. The van der Waals surface area contributed by atoms with E-state index in [0.29, 0.717) is 26.9 Å². The predicted molar refractivity (Wildman–Crippen MR) is 109 cm³/mol. The molecule has 2 heterocycles. The molecule has 1 amide bonds. The molecule has 0 atom stereocenters. The maximum atomic E-state index is 12.7. The van der Waals surface area contributed by atoms with E-state index < -0.39 is 11.9 Å². The maximum absolute atomic E-state index is 12.7. The van der Waals surface area contributed by atoms with E-state index in [4.69, 9.17) is 20.8 Å². The zero-order valence-electron chi connectivity index (χ0n) is 15.2. The van der Waals surface area contributed by atoms with Crippen molar-refractivity contribution in [1.82, 2.24) is 0 Å². The number of rotatable bonds is 4. The molecular formula is C21H18ClNO4S. The summed E-state index contributed by atoms with van der Waals surface area (Å²) in [5, 5.41) is 3.89. The number of methoxy groups -OCH3 is 1. The van der Waals surface area contributed by atoms with Crippen LogP contribution in [-0.4, -0.2) is 19.0 Å². The highest BCUT2D eigenvalue weighted by Crippen LogP contribution is 2.39. The molecule has 144 valence electrons. The van der Waals surface area contributed by atoms with Gasteiger partial charge in [-0.3, -0.25) is 4.79 Å². The van der Waals surface area contributed by atoms with Crippen molar-refractivity contribution in [3.63, 3.8) is 0 Å². The molecule has 3 aromatic rings. The van der Waals surface area contributed by atoms with Gasteiger partial charge in [-0.1, -0.05) is 23.7 Å². The number of thiophene rings is 1. The van der Waals surface area contributed by atoms with Crippen molar-refractivity contribution in [2.24, 2.45) is 0 Å². The molecule has 5 nitrogen and oxygen atoms in total. The van der Waals surface area contributed by atoms with E-state index in [9.17, 15) is 9.59 Å². The Kier molecular flexibility index (Phi) is 5.24. The lowest BCUT2D eigenvalue weighted by molar-refractivity contribution is 0.0601. The highest BCUT2D eigenvalue weighted by atomic mass is 35.5. The van der Waals surface area contributed by atoms with Gasteiger partial charge < -0.3 is 14.5 Å². The standard InChI is InChI=1S/C21H18ClNO4S/c1-26-21(25)18-13-7-3-5-9-17(13)28-20(18)23-19(24)16-11-10-15(27-16)12-6-2-4-8-14(12)22/h2,4,6,8,10-11H,3,5,7,9H2,1H3,(H,23,24). The third-order valence-corrected chi connectivity index (χ3v) is 6.29. The highest BCUT2D eigenvalue weighted by molar-refractivity contribution is 7.17. The van der Waals surface area contributed by atoms with Crippen molar-refractivity contribution in [3.05, 3.63) is 63.2 Å². The molecule has 0 saturated carbocycles. The van der Waals surface area contributed by atoms with Crippen LogP contribution < -0.4 is 5.32 Å². The summed E-state index contributed by atoms with van der Waals surface area (Å²) in [6, 6.07) is 10.6. The molecule has 28 heavy (non-hydrogen) atoms. The first-order valence-electron chi connectivity index (χ1n) is 8.97. The van der Waals surface area contributed by atoms with Crippen molar-refractivity contribution < 1.29 is 18.7 Å². The smallest absolute Gasteiger partial charge is 0.341 e. The van der Waals surface area contributed by atoms with Gasteiger partial charge in [-0.25, -0.2) is 4.79 Å². The van der Waals surface area contributed by atoms with Gasteiger partial charge in [0.15, 0.2) is 5.76 Å². The van der Waals surface area contributed by atoms with Crippen LogP contribution in [0.2, 0.25) is 5.02 Å². The molecule has 1 N–H and O–H groups in total. The van der Waals surface area contributed by atoms with E-state index in [1.807, 2.05) is 18.2 Å². The molecule has 0 saturated heterocycles. The second kappa shape index (κ2) is 7.81. The average Bonchev–Trinajstić information content (AvgIpc) is 3.32. The summed E-state index contributed by atoms with van der Waals surface area (Å²) >= 11 is 7.64. The van der Waals surface area contributed by atoms with Gasteiger partial charge in [-0.05, 0) is 55.5 Å². The minimum absolute atomic E-state index is 0.150. The number of nitrogens with one attached hydrogen (secondary N) is 1. The van der Waals surface area contributed by atoms with Crippen molar-refractivity contribution >= 4 is 39.8 Å². The lowest BCUT2D eigenvalue weighted by Gasteiger charge is -2.11. The third kappa shape index (κ3) is 3.45. The number of benzene rings is 1. The normalized spacial score (nSPS) is 13.1. The van der Waals surface area contributed by atoms with Crippen LogP contribution in [0.3, 0.4) is 0 Å². The Balaban J connectivity index is 1.62. The van der Waals surface area contributed by atoms with Crippen LogP contribution in [-0.2, 0) is 17.6 Å². The van der Waals surface area contributed by atoms with Gasteiger partial charge in [-0.2, -0.15) is 0 Å². The number of furan rings is 1. The molecule has 0 radical (unpaired) electrons. The predicted octanol–water partition coefficient (Wildman–Crippen LogP) is 5.58. The number of carbonyl (C=O) groups is 2. The van der Waals surface area contributed by atoms with Crippen molar-refractivity contribution in [2.45, 2.75) is 25.7 Å². The number of aryl methyl sites for hydroxylation is 1. The fourth-order valence-electron chi connectivity index (χ4n) is 3.40. The summed E-state index contributed by atoms with van der Waals surface area (Å²) in [6.07, 6.45) is 3.85. The van der Waals surface area contributed by atoms with Gasteiger partial charge in [0.05, 0.1) is 17.7 Å². The number of halogens is 1. The molecule has 1 aromatic carbocycles. The van der Waals surface area contributed by atoms with E-state index >= 15 is 0 Å². The number of amides is 1. The van der Waals surface area contributed by atoms with Crippen LogP contribution in [0.1, 0.15) is 44.2 Å². The van der Waals surface area contributed by atoms with Crippen LogP contribution in [0.4, 0.5) is 5.00 Å². The SMILES string of the molecule is COC(=O)c1c(NC(=O)c2ccc(-c3ccccc3Cl)o2)sc2c1CCCC2. The molecule has 1 aliphatic carbocycles. The summed E-state index contributed by atoms with van der Waals surface area (Å²) < 4.78 is 10.6. The highest BCUT2D eigenvalue weighted by Gasteiger charge is 2.27. The number of fused-ring (bicyclic) bond motifs is 1. The summed E-state index contributed by atoms with van der Waals surface area (Å²) in [6.45, 7) is 0. The first kappa shape index (κ1) is 18.8. The number of hydrogen-bond donors (Lipinski definition) is 1. The monoisotopic (exact) mass is 415 g/mol. The quantitative estimate of drug-likeness (QED) is 0.565. The zero-order valence-corrected chi connectivity index (χ0v) is 16.8. The number of ether oxygens (including phenoxy) is 1. The molecule has 0 spiro atoms. The Hall–Kier alpha value is -2.57. The second-order valence-electron chi connectivity index (χ2n) is 6.50. The lowest BCUT2D eigenvalue weighted by Crippen LogP contribution is -2.14. The van der Waals surface area contributed by atoms with Crippen LogP contribution in [0.15, 0.2) is 40.8 Å².